The normalized spacial score (nSPS) is 10.6. The van der Waals surface area contributed by atoms with E-state index in [1.54, 1.807) is 33.5 Å². The van der Waals surface area contributed by atoms with Crippen molar-refractivity contribution < 1.29 is 19.0 Å². The van der Waals surface area contributed by atoms with Crippen molar-refractivity contribution in [2.45, 2.75) is 13.3 Å². The number of hydrogen-bond acceptors (Lipinski definition) is 4. The van der Waals surface area contributed by atoms with E-state index in [2.05, 4.69) is 11.4 Å². The number of ether oxygens (including phenoxy) is 3. The molecule has 26 heavy (non-hydrogen) atoms. The summed E-state index contributed by atoms with van der Waals surface area (Å²) >= 11 is 0. The van der Waals surface area contributed by atoms with Crippen LogP contribution in [0.5, 0.6) is 17.2 Å². The van der Waals surface area contributed by atoms with Crippen molar-refractivity contribution >= 4 is 12.0 Å². The molecule has 0 aromatic heterocycles. The fourth-order valence-electron chi connectivity index (χ4n) is 2.61. The summed E-state index contributed by atoms with van der Waals surface area (Å²) in [7, 11) is 4.82. The van der Waals surface area contributed by atoms with Crippen LogP contribution < -0.4 is 19.5 Å². The molecule has 0 aliphatic carbocycles. The van der Waals surface area contributed by atoms with Gasteiger partial charge in [0.1, 0.15) is 5.75 Å². The Morgan fingerprint density at radius 2 is 1.65 bits per heavy atom. The second-order valence-electron chi connectivity index (χ2n) is 5.80. The number of carbonyl (C=O) groups is 1. The van der Waals surface area contributed by atoms with Crippen molar-refractivity contribution in [1.29, 1.82) is 0 Å². The maximum Gasteiger partial charge on any atom is 0.244 e. The van der Waals surface area contributed by atoms with Gasteiger partial charge >= 0.3 is 0 Å². The maximum absolute atomic E-state index is 12.0. The highest BCUT2D eigenvalue weighted by Gasteiger charge is 2.05. The summed E-state index contributed by atoms with van der Waals surface area (Å²) in [4.78, 5) is 12.0. The third-order valence-electron chi connectivity index (χ3n) is 3.96. The van der Waals surface area contributed by atoms with Gasteiger partial charge in [-0.25, -0.2) is 0 Å². The van der Waals surface area contributed by atoms with E-state index in [1.165, 1.54) is 11.6 Å². The summed E-state index contributed by atoms with van der Waals surface area (Å²) in [5.41, 5.74) is 3.11. The van der Waals surface area contributed by atoms with Gasteiger partial charge in [-0.15, -0.1) is 0 Å². The minimum absolute atomic E-state index is 0.147. The van der Waals surface area contributed by atoms with Crippen LogP contribution in [-0.2, 0) is 11.2 Å². The first kappa shape index (κ1) is 19.4. The zero-order valence-electron chi connectivity index (χ0n) is 15.7. The summed E-state index contributed by atoms with van der Waals surface area (Å²) < 4.78 is 15.8. The number of nitrogens with one attached hydrogen (secondary N) is 1. The number of amides is 1. The number of methoxy groups -OCH3 is 3. The predicted molar refractivity (Wildman–Crippen MR) is 103 cm³/mol. The largest absolute Gasteiger partial charge is 0.496 e. The molecule has 5 nitrogen and oxygen atoms in total. The molecule has 0 fully saturated rings. The highest BCUT2D eigenvalue weighted by Crippen LogP contribution is 2.27. The van der Waals surface area contributed by atoms with E-state index in [9.17, 15) is 4.79 Å². The van der Waals surface area contributed by atoms with Gasteiger partial charge in [0.05, 0.1) is 21.3 Å². The molecule has 0 aliphatic rings. The third-order valence-corrected chi connectivity index (χ3v) is 3.96. The molecular formula is C21H25NO4. The molecule has 0 saturated heterocycles. The first-order valence-corrected chi connectivity index (χ1v) is 8.39. The summed E-state index contributed by atoms with van der Waals surface area (Å²) in [6.45, 7) is 2.57. The molecule has 2 rings (SSSR count). The van der Waals surface area contributed by atoms with Crippen molar-refractivity contribution in [3.05, 3.63) is 59.2 Å². The van der Waals surface area contributed by atoms with E-state index in [0.717, 1.165) is 16.9 Å². The Morgan fingerprint density at radius 1 is 0.962 bits per heavy atom. The lowest BCUT2D eigenvalue weighted by molar-refractivity contribution is -0.116. The molecule has 1 N–H and O–H groups in total. The molecule has 0 heterocycles. The number of carbonyl (C=O) groups excluding carboxylic acids is 1. The van der Waals surface area contributed by atoms with E-state index < -0.39 is 0 Å². The molecule has 0 spiro atoms. The van der Waals surface area contributed by atoms with Gasteiger partial charge in [-0.3, -0.25) is 4.79 Å². The zero-order chi connectivity index (χ0) is 18.9. The van der Waals surface area contributed by atoms with Gasteiger partial charge < -0.3 is 19.5 Å². The molecule has 5 heteroatoms. The molecule has 0 saturated carbocycles. The molecule has 0 atom stereocenters. The SMILES string of the molecule is COc1ccc(C)cc1CCNC(=O)C=Cc1ccc(OC)c(OC)c1. The van der Waals surface area contributed by atoms with E-state index in [-0.39, 0.29) is 5.91 Å². The molecule has 0 radical (unpaired) electrons. The second-order valence-corrected chi connectivity index (χ2v) is 5.80. The van der Waals surface area contributed by atoms with Gasteiger partial charge in [0, 0.05) is 12.6 Å². The smallest absolute Gasteiger partial charge is 0.244 e. The molecule has 1 amide bonds. The van der Waals surface area contributed by atoms with Crippen molar-refractivity contribution in [3.63, 3.8) is 0 Å². The minimum atomic E-state index is -0.147. The molecule has 0 bridgehead atoms. The third kappa shape index (κ3) is 5.28. The van der Waals surface area contributed by atoms with Gasteiger partial charge in [0.25, 0.3) is 0 Å². The van der Waals surface area contributed by atoms with Gasteiger partial charge in [-0.05, 0) is 48.7 Å². The van der Waals surface area contributed by atoms with Crippen LogP contribution in [0.1, 0.15) is 16.7 Å². The zero-order valence-corrected chi connectivity index (χ0v) is 15.7. The summed E-state index contributed by atoms with van der Waals surface area (Å²) in [5, 5.41) is 2.89. The summed E-state index contributed by atoms with van der Waals surface area (Å²) in [5.74, 6) is 1.97. The fourth-order valence-corrected chi connectivity index (χ4v) is 2.61. The van der Waals surface area contributed by atoms with Crippen LogP contribution >= 0.6 is 0 Å². The lowest BCUT2D eigenvalue weighted by atomic mass is 10.1. The van der Waals surface area contributed by atoms with Crippen LogP contribution in [0.4, 0.5) is 0 Å². The van der Waals surface area contributed by atoms with Gasteiger partial charge in [-0.1, -0.05) is 23.8 Å². The highest BCUT2D eigenvalue weighted by molar-refractivity contribution is 5.91. The Balaban J connectivity index is 1.91. The Bertz CT molecular complexity index is 784. The van der Waals surface area contributed by atoms with Crippen LogP contribution in [0.25, 0.3) is 6.08 Å². The van der Waals surface area contributed by atoms with Crippen LogP contribution in [0, 0.1) is 6.92 Å². The quantitative estimate of drug-likeness (QED) is 0.738. The van der Waals surface area contributed by atoms with E-state index >= 15 is 0 Å². The Kier molecular flexibility index (Phi) is 7.09. The first-order valence-electron chi connectivity index (χ1n) is 8.39. The van der Waals surface area contributed by atoms with Crippen molar-refractivity contribution in [3.8, 4) is 17.2 Å². The summed E-state index contributed by atoms with van der Waals surface area (Å²) in [6, 6.07) is 11.5. The van der Waals surface area contributed by atoms with Crippen molar-refractivity contribution in [2.24, 2.45) is 0 Å². The van der Waals surface area contributed by atoms with Crippen LogP contribution in [0.3, 0.4) is 0 Å². The van der Waals surface area contributed by atoms with Crippen LogP contribution in [-0.4, -0.2) is 33.8 Å². The number of hydrogen-bond donors (Lipinski definition) is 1. The number of rotatable bonds is 8. The number of benzene rings is 2. The minimum Gasteiger partial charge on any atom is -0.496 e. The number of aryl methyl sites for hydroxylation is 1. The van der Waals surface area contributed by atoms with Gasteiger partial charge in [0.2, 0.25) is 5.91 Å². The lowest BCUT2D eigenvalue weighted by Crippen LogP contribution is -2.23. The van der Waals surface area contributed by atoms with E-state index in [1.807, 2.05) is 31.2 Å². The molecule has 2 aromatic carbocycles. The topological polar surface area (TPSA) is 56.8 Å². The van der Waals surface area contributed by atoms with Gasteiger partial charge in [0.15, 0.2) is 11.5 Å². The fraction of sp³-hybridized carbons (Fsp3) is 0.286. The first-order chi connectivity index (χ1) is 12.6. The van der Waals surface area contributed by atoms with Crippen LogP contribution in [0.15, 0.2) is 42.5 Å². The van der Waals surface area contributed by atoms with Gasteiger partial charge in [-0.2, -0.15) is 0 Å². The van der Waals surface area contributed by atoms with Crippen molar-refractivity contribution in [1.82, 2.24) is 5.32 Å². The highest BCUT2D eigenvalue weighted by atomic mass is 16.5. The molecule has 0 aliphatic heterocycles. The Hall–Kier alpha value is -2.95. The van der Waals surface area contributed by atoms with E-state index in [0.29, 0.717) is 24.5 Å². The molecule has 2 aromatic rings. The molecule has 138 valence electrons. The predicted octanol–water partition coefficient (Wildman–Crippen LogP) is 3.39. The molecule has 0 unspecified atom stereocenters. The van der Waals surface area contributed by atoms with E-state index in [4.69, 9.17) is 14.2 Å². The molecular weight excluding hydrogens is 330 g/mol. The van der Waals surface area contributed by atoms with Crippen molar-refractivity contribution in [2.75, 3.05) is 27.9 Å². The average Bonchev–Trinajstić information content (AvgIpc) is 2.66. The maximum atomic E-state index is 12.0. The Morgan fingerprint density at radius 3 is 2.35 bits per heavy atom. The Labute approximate surface area is 154 Å². The van der Waals surface area contributed by atoms with Crippen LogP contribution in [0.2, 0.25) is 0 Å². The lowest BCUT2D eigenvalue weighted by Gasteiger charge is -2.10. The summed E-state index contributed by atoms with van der Waals surface area (Å²) in [6.07, 6.45) is 3.96. The average molecular weight is 355 g/mol. The second kappa shape index (κ2) is 9.51. The standard InChI is InChI=1S/C21H25NO4/c1-15-5-8-18(24-2)17(13-15)11-12-22-21(23)10-7-16-6-9-19(25-3)20(14-16)26-4/h5-10,13-14H,11-12H2,1-4H3,(H,22,23). The monoisotopic (exact) mass is 355 g/mol.